The fourth-order valence-electron chi connectivity index (χ4n) is 1.55. The SMILES string of the molecule is CC(C)c1ccc(OCc2ccc(OC(F)(F)F)nc2)nn1. The Morgan fingerprint density at radius 3 is 2.27 bits per heavy atom. The average Bonchev–Trinajstić information content (AvgIpc) is 2.45. The highest BCUT2D eigenvalue weighted by Crippen LogP contribution is 2.21. The molecule has 118 valence electrons. The predicted molar refractivity (Wildman–Crippen MR) is 71.4 cm³/mol. The Balaban J connectivity index is 1.91. The fourth-order valence-corrected chi connectivity index (χ4v) is 1.55. The first-order valence-electron chi connectivity index (χ1n) is 6.50. The Hall–Kier alpha value is -2.38. The summed E-state index contributed by atoms with van der Waals surface area (Å²) in [5.41, 5.74) is 1.44. The van der Waals surface area contributed by atoms with Crippen LogP contribution in [-0.2, 0) is 6.61 Å². The molecule has 2 rings (SSSR count). The van der Waals surface area contributed by atoms with E-state index in [1.807, 2.05) is 19.9 Å². The second kappa shape index (κ2) is 6.59. The van der Waals surface area contributed by atoms with Crippen molar-refractivity contribution in [3.63, 3.8) is 0 Å². The molecule has 0 aromatic carbocycles. The molecule has 22 heavy (non-hydrogen) atoms. The van der Waals surface area contributed by atoms with Crippen LogP contribution in [0.2, 0.25) is 0 Å². The molecular weight excluding hydrogens is 299 g/mol. The lowest BCUT2D eigenvalue weighted by atomic mass is 10.1. The minimum absolute atomic E-state index is 0.120. The lowest BCUT2D eigenvalue weighted by Gasteiger charge is -2.09. The van der Waals surface area contributed by atoms with Crippen LogP contribution in [0.15, 0.2) is 30.5 Å². The van der Waals surface area contributed by atoms with Gasteiger partial charge in [0.1, 0.15) is 6.61 Å². The molecule has 0 spiro atoms. The molecule has 2 aromatic heterocycles. The highest BCUT2D eigenvalue weighted by molar-refractivity contribution is 5.19. The molecule has 0 fully saturated rings. The molecule has 8 heteroatoms. The number of ether oxygens (including phenoxy) is 2. The maximum Gasteiger partial charge on any atom is 0.574 e. The first kappa shape index (κ1) is 16.0. The second-order valence-corrected chi connectivity index (χ2v) is 4.79. The average molecular weight is 313 g/mol. The lowest BCUT2D eigenvalue weighted by Crippen LogP contribution is -2.17. The van der Waals surface area contributed by atoms with E-state index in [4.69, 9.17) is 4.74 Å². The molecule has 0 bridgehead atoms. The number of halogens is 3. The number of aromatic nitrogens is 3. The molecule has 2 aromatic rings. The summed E-state index contributed by atoms with van der Waals surface area (Å²) in [6.45, 7) is 4.12. The fraction of sp³-hybridized carbons (Fsp3) is 0.357. The number of hydrogen-bond acceptors (Lipinski definition) is 5. The standard InChI is InChI=1S/C14H14F3N3O2/c1-9(2)11-4-6-13(20-19-11)21-8-10-3-5-12(18-7-10)22-14(15,16)17/h3-7,9H,8H2,1-2H3. The minimum Gasteiger partial charge on any atom is -0.472 e. The molecule has 2 heterocycles. The smallest absolute Gasteiger partial charge is 0.472 e. The summed E-state index contributed by atoms with van der Waals surface area (Å²) in [6.07, 6.45) is -3.50. The van der Waals surface area contributed by atoms with Gasteiger partial charge in [-0.3, -0.25) is 0 Å². The summed E-state index contributed by atoms with van der Waals surface area (Å²) in [6, 6.07) is 6.06. The molecule has 0 N–H and O–H groups in total. The number of nitrogens with zero attached hydrogens (tertiary/aromatic N) is 3. The van der Waals surface area contributed by atoms with Crippen LogP contribution >= 0.6 is 0 Å². The van der Waals surface area contributed by atoms with Crippen molar-refractivity contribution in [1.29, 1.82) is 0 Å². The van der Waals surface area contributed by atoms with E-state index in [9.17, 15) is 13.2 Å². The van der Waals surface area contributed by atoms with Crippen molar-refractivity contribution < 1.29 is 22.6 Å². The first-order chi connectivity index (χ1) is 10.3. The quantitative estimate of drug-likeness (QED) is 0.846. The second-order valence-electron chi connectivity index (χ2n) is 4.79. The van der Waals surface area contributed by atoms with E-state index in [2.05, 4.69) is 19.9 Å². The largest absolute Gasteiger partial charge is 0.574 e. The van der Waals surface area contributed by atoms with Gasteiger partial charge in [-0.15, -0.1) is 18.3 Å². The van der Waals surface area contributed by atoms with Gasteiger partial charge in [-0.25, -0.2) is 4.98 Å². The third-order valence-corrected chi connectivity index (χ3v) is 2.66. The maximum atomic E-state index is 12.0. The highest BCUT2D eigenvalue weighted by Gasteiger charge is 2.31. The van der Waals surface area contributed by atoms with E-state index in [1.54, 1.807) is 6.07 Å². The Morgan fingerprint density at radius 2 is 1.77 bits per heavy atom. The van der Waals surface area contributed by atoms with Crippen LogP contribution in [0.5, 0.6) is 11.8 Å². The molecule has 0 amide bonds. The Labute approximate surface area is 125 Å². The van der Waals surface area contributed by atoms with Gasteiger partial charge in [-0.1, -0.05) is 13.8 Å². The normalized spacial score (nSPS) is 11.5. The number of rotatable bonds is 5. The van der Waals surface area contributed by atoms with Crippen LogP contribution in [0.1, 0.15) is 31.0 Å². The van der Waals surface area contributed by atoms with Gasteiger partial charge >= 0.3 is 6.36 Å². The van der Waals surface area contributed by atoms with E-state index in [0.717, 1.165) is 11.8 Å². The van der Waals surface area contributed by atoms with E-state index in [1.165, 1.54) is 12.3 Å². The molecule has 0 aliphatic carbocycles. The molecule has 0 aliphatic heterocycles. The highest BCUT2D eigenvalue weighted by atomic mass is 19.4. The monoisotopic (exact) mass is 313 g/mol. The summed E-state index contributed by atoms with van der Waals surface area (Å²) >= 11 is 0. The summed E-state index contributed by atoms with van der Waals surface area (Å²) in [7, 11) is 0. The zero-order valence-corrected chi connectivity index (χ0v) is 12.0. The van der Waals surface area contributed by atoms with E-state index >= 15 is 0 Å². The Morgan fingerprint density at radius 1 is 1.05 bits per heavy atom. The van der Waals surface area contributed by atoms with E-state index in [0.29, 0.717) is 11.4 Å². The molecular formula is C14H14F3N3O2. The predicted octanol–water partition coefficient (Wildman–Crippen LogP) is 3.47. The van der Waals surface area contributed by atoms with Gasteiger partial charge in [0, 0.05) is 23.9 Å². The van der Waals surface area contributed by atoms with E-state index in [-0.39, 0.29) is 12.5 Å². The molecule has 0 unspecified atom stereocenters. The van der Waals surface area contributed by atoms with Gasteiger partial charge in [0.15, 0.2) is 0 Å². The van der Waals surface area contributed by atoms with Crippen LogP contribution in [0.25, 0.3) is 0 Å². The maximum absolute atomic E-state index is 12.0. The zero-order valence-electron chi connectivity index (χ0n) is 12.0. The van der Waals surface area contributed by atoms with Crippen LogP contribution < -0.4 is 9.47 Å². The molecule has 0 radical (unpaired) electrons. The first-order valence-corrected chi connectivity index (χ1v) is 6.50. The minimum atomic E-state index is -4.75. The topological polar surface area (TPSA) is 57.1 Å². The Bertz CT molecular complexity index is 598. The van der Waals surface area contributed by atoms with Gasteiger partial charge < -0.3 is 9.47 Å². The van der Waals surface area contributed by atoms with Crippen LogP contribution in [0.3, 0.4) is 0 Å². The van der Waals surface area contributed by atoms with Gasteiger partial charge in [0.2, 0.25) is 11.8 Å². The van der Waals surface area contributed by atoms with Gasteiger partial charge in [0.25, 0.3) is 0 Å². The number of hydrogen-bond donors (Lipinski definition) is 0. The van der Waals surface area contributed by atoms with Gasteiger partial charge in [-0.05, 0) is 18.1 Å². The molecule has 0 atom stereocenters. The van der Waals surface area contributed by atoms with Crippen molar-refractivity contribution in [1.82, 2.24) is 15.2 Å². The third kappa shape index (κ3) is 4.87. The van der Waals surface area contributed by atoms with E-state index < -0.39 is 12.2 Å². The van der Waals surface area contributed by atoms with Crippen molar-refractivity contribution in [3.05, 3.63) is 41.7 Å². The lowest BCUT2D eigenvalue weighted by molar-refractivity contribution is -0.276. The third-order valence-electron chi connectivity index (χ3n) is 2.66. The molecule has 0 saturated carbocycles. The van der Waals surface area contributed by atoms with Crippen LogP contribution in [0.4, 0.5) is 13.2 Å². The van der Waals surface area contributed by atoms with Crippen molar-refractivity contribution >= 4 is 0 Å². The molecule has 0 aliphatic rings. The summed E-state index contributed by atoms with van der Waals surface area (Å²) in [5.74, 6) is 0.0873. The molecule has 0 saturated heterocycles. The van der Waals surface area contributed by atoms with Crippen molar-refractivity contribution in [2.45, 2.75) is 32.7 Å². The van der Waals surface area contributed by atoms with Crippen molar-refractivity contribution in [2.75, 3.05) is 0 Å². The van der Waals surface area contributed by atoms with Crippen molar-refractivity contribution in [3.8, 4) is 11.8 Å². The van der Waals surface area contributed by atoms with Crippen LogP contribution in [-0.4, -0.2) is 21.5 Å². The zero-order chi connectivity index (χ0) is 16.2. The Kier molecular flexibility index (Phi) is 4.79. The van der Waals surface area contributed by atoms with Crippen LogP contribution in [0, 0.1) is 0 Å². The summed E-state index contributed by atoms with van der Waals surface area (Å²) in [5, 5.41) is 7.92. The molecule has 5 nitrogen and oxygen atoms in total. The number of alkyl halides is 3. The number of pyridine rings is 1. The summed E-state index contributed by atoms with van der Waals surface area (Å²) in [4.78, 5) is 3.56. The van der Waals surface area contributed by atoms with Crippen molar-refractivity contribution in [2.24, 2.45) is 0 Å². The van der Waals surface area contributed by atoms with Gasteiger partial charge in [0.05, 0.1) is 5.69 Å². The summed E-state index contributed by atoms with van der Waals surface area (Å²) < 4.78 is 45.1. The van der Waals surface area contributed by atoms with Gasteiger partial charge in [-0.2, -0.15) is 5.10 Å².